The average molecular weight is 514 g/mol. The lowest BCUT2D eigenvalue weighted by Crippen LogP contribution is -2.42. The molecule has 0 spiro atoms. The molecule has 1 N–H and O–H groups in total. The number of halogens is 1. The molecule has 0 bridgehead atoms. The van der Waals surface area contributed by atoms with E-state index in [4.69, 9.17) is 9.72 Å². The maximum absolute atomic E-state index is 13.4. The van der Waals surface area contributed by atoms with Gasteiger partial charge >= 0.3 is 6.09 Å². The van der Waals surface area contributed by atoms with Crippen LogP contribution in [0.4, 0.5) is 15.0 Å². The molecule has 1 saturated heterocycles. The molecular formula is C23H24FN7O4S. The van der Waals surface area contributed by atoms with E-state index < -0.39 is 24.1 Å². The minimum atomic E-state index is -0.627. The van der Waals surface area contributed by atoms with Crippen molar-refractivity contribution in [2.75, 3.05) is 25.0 Å². The number of imidazole rings is 1. The van der Waals surface area contributed by atoms with Crippen LogP contribution in [0.5, 0.6) is 0 Å². The SMILES string of the molecule is CNC(=O)O[C@@H]1CC(=O)N(c2nc(-c3nc(C)ns3)n3c2[C@@H](C)N(C(=O)c2ccc(F)cc2)CC3)C1. The van der Waals surface area contributed by atoms with E-state index in [1.165, 1.54) is 47.7 Å². The number of aryl methyl sites for hydroxylation is 1. The van der Waals surface area contributed by atoms with Gasteiger partial charge in [0.05, 0.1) is 24.7 Å². The lowest BCUT2D eigenvalue weighted by Gasteiger charge is -2.36. The minimum Gasteiger partial charge on any atom is -0.444 e. The van der Waals surface area contributed by atoms with Crippen LogP contribution in [0.25, 0.3) is 10.8 Å². The van der Waals surface area contributed by atoms with Crippen molar-refractivity contribution in [3.05, 3.63) is 47.2 Å². The number of carbonyl (C=O) groups excluding carboxylic acids is 3. The lowest BCUT2D eigenvalue weighted by molar-refractivity contribution is -0.117. The Kier molecular flexibility index (Phi) is 6.16. The van der Waals surface area contributed by atoms with E-state index in [1.54, 1.807) is 11.8 Å². The number of fused-ring (bicyclic) bond motifs is 1. The maximum Gasteiger partial charge on any atom is 0.407 e. The molecule has 0 unspecified atom stereocenters. The fourth-order valence-electron chi connectivity index (χ4n) is 4.59. The molecule has 36 heavy (non-hydrogen) atoms. The van der Waals surface area contributed by atoms with Crippen LogP contribution in [0.1, 0.15) is 41.3 Å². The normalized spacial score (nSPS) is 19.4. The Hall–Kier alpha value is -3.87. The quantitative estimate of drug-likeness (QED) is 0.569. The molecule has 2 aliphatic rings. The number of nitrogens with zero attached hydrogens (tertiary/aromatic N) is 6. The van der Waals surface area contributed by atoms with E-state index >= 15 is 0 Å². The van der Waals surface area contributed by atoms with Gasteiger partial charge in [0.15, 0.2) is 16.6 Å². The van der Waals surface area contributed by atoms with Crippen molar-refractivity contribution in [1.82, 2.24) is 29.1 Å². The molecule has 3 amide bonds. The Bertz CT molecular complexity index is 1340. The second-order valence-electron chi connectivity index (χ2n) is 8.61. The fourth-order valence-corrected chi connectivity index (χ4v) is 5.26. The largest absolute Gasteiger partial charge is 0.444 e. The number of ether oxygens (including phenoxy) is 1. The first-order valence-electron chi connectivity index (χ1n) is 11.4. The molecule has 1 aromatic carbocycles. The molecule has 0 radical (unpaired) electrons. The van der Waals surface area contributed by atoms with Crippen LogP contribution in [-0.2, 0) is 16.1 Å². The van der Waals surface area contributed by atoms with Crippen LogP contribution in [0.3, 0.4) is 0 Å². The Morgan fingerprint density at radius 3 is 2.61 bits per heavy atom. The van der Waals surface area contributed by atoms with Crippen molar-refractivity contribution in [1.29, 1.82) is 0 Å². The van der Waals surface area contributed by atoms with Crippen LogP contribution in [-0.4, -0.2) is 68.0 Å². The zero-order valence-electron chi connectivity index (χ0n) is 19.9. The van der Waals surface area contributed by atoms with Crippen molar-refractivity contribution < 1.29 is 23.5 Å². The highest BCUT2D eigenvalue weighted by Crippen LogP contribution is 2.39. The molecule has 3 aromatic rings. The number of anilines is 1. The highest BCUT2D eigenvalue weighted by molar-refractivity contribution is 7.09. The summed E-state index contributed by atoms with van der Waals surface area (Å²) in [6, 6.07) is 4.97. The molecule has 4 heterocycles. The average Bonchev–Trinajstić information content (AvgIpc) is 3.56. The maximum atomic E-state index is 13.4. The molecule has 0 aliphatic carbocycles. The molecule has 1 fully saturated rings. The predicted octanol–water partition coefficient (Wildman–Crippen LogP) is 2.53. The number of rotatable bonds is 4. The van der Waals surface area contributed by atoms with Crippen molar-refractivity contribution >= 4 is 35.3 Å². The van der Waals surface area contributed by atoms with Gasteiger partial charge in [-0.1, -0.05) is 0 Å². The Morgan fingerprint density at radius 2 is 1.94 bits per heavy atom. The number of benzene rings is 1. The van der Waals surface area contributed by atoms with Gasteiger partial charge in [-0.25, -0.2) is 19.2 Å². The minimum absolute atomic E-state index is 0.0274. The van der Waals surface area contributed by atoms with Gasteiger partial charge in [0.25, 0.3) is 5.91 Å². The monoisotopic (exact) mass is 513 g/mol. The summed E-state index contributed by atoms with van der Waals surface area (Å²) < 4.78 is 25.0. The molecule has 13 heteroatoms. The van der Waals surface area contributed by atoms with E-state index in [2.05, 4.69) is 14.7 Å². The first-order chi connectivity index (χ1) is 17.3. The number of carbonyl (C=O) groups is 3. The van der Waals surface area contributed by atoms with E-state index in [9.17, 15) is 18.8 Å². The second kappa shape index (κ2) is 9.30. The van der Waals surface area contributed by atoms with Gasteiger partial charge < -0.3 is 19.5 Å². The van der Waals surface area contributed by atoms with Gasteiger partial charge in [0.2, 0.25) is 5.91 Å². The second-order valence-corrected chi connectivity index (χ2v) is 9.36. The Balaban J connectivity index is 1.54. The number of hydrogen-bond acceptors (Lipinski definition) is 8. The summed E-state index contributed by atoms with van der Waals surface area (Å²) in [4.78, 5) is 50.5. The van der Waals surface area contributed by atoms with Gasteiger partial charge in [0, 0.05) is 25.7 Å². The number of aromatic nitrogens is 4. The third-order valence-corrected chi connectivity index (χ3v) is 7.11. The van der Waals surface area contributed by atoms with Crippen LogP contribution in [0, 0.1) is 12.7 Å². The van der Waals surface area contributed by atoms with Crippen LogP contribution >= 0.6 is 11.5 Å². The summed E-state index contributed by atoms with van der Waals surface area (Å²) in [6.07, 6.45) is -1.21. The molecule has 188 valence electrons. The highest BCUT2D eigenvalue weighted by atomic mass is 32.1. The van der Waals surface area contributed by atoms with Crippen LogP contribution < -0.4 is 10.2 Å². The number of amides is 3. The first-order valence-corrected chi connectivity index (χ1v) is 12.2. The van der Waals surface area contributed by atoms with Gasteiger partial charge in [-0.15, -0.1) is 0 Å². The molecule has 2 aromatic heterocycles. The molecule has 11 nitrogen and oxygen atoms in total. The van der Waals surface area contributed by atoms with E-state index in [0.717, 1.165) is 0 Å². The summed E-state index contributed by atoms with van der Waals surface area (Å²) in [5, 5.41) is 3.00. The third kappa shape index (κ3) is 4.19. The molecular weight excluding hydrogens is 489 g/mol. The predicted molar refractivity (Wildman–Crippen MR) is 128 cm³/mol. The molecule has 2 aliphatic heterocycles. The topological polar surface area (TPSA) is 123 Å². The lowest BCUT2D eigenvalue weighted by atomic mass is 10.1. The van der Waals surface area contributed by atoms with Crippen molar-refractivity contribution in [3.63, 3.8) is 0 Å². The molecule has 5 rings (SSSR count). The van der Waals surface area contributed by atoms with Gasteiger partial charge in [-0.2, -0.15) is 4.37 Å². The smallest absolute Gasteiger partial charge is 0.407 e. The first kappa shape index (κ1) is 23.9. The molecule has 0 saturated carbocycles. The third-order valence-electron chi connectivity index (χ3n) is 6.31. The van der Waals surface area contributed by atoms with E-state index in [1.807, 2.05) is 11.5 Å². The summed E-state index contributed by atoms with van der Waals surface area (Å²) in [5.74, 6) is 0.672. The Labute approximate surface area is 210 Å². The summed E-state index contributed by atoms with van der Waals surface area (Å²) in [7, 11) is 1.45. The van der Waals surface area contributed by atoms with Crippen LogP contribution in [0.15, 0.2) is 24.3 Å². The fraction of sp³-hybridized carbons (Fsp3) is 0.391. The standard InChI is InChI=1S/C23H24FN7O4S/c1-12-18-19(31-11-16(10-17(31)32)35-23(34)25-3)27-20(21-26-13(2)28-36-21)30(18)9-8-29(12)22(33)14-4-6-15(24)7-5-14/h4-7,12,16H,8-11H2,1-3H3,(H,25,34)/t12-,16-/m1/s1. The van der Waals surface area contributed by atoms with E-state index in [0.29, 0.717) is 46.8 Å². The van der Waals surface area contributed by atoms with Crippen molar-refractivity contribution in [2.45, 2.75) is 39.0 Å². The zero-order chi connectivity index (χ0) is 25.6. The van der Waals surface area contributed by atoms with Gasteiger partial charge in [0.1, 0.15) is 17.7 Å². The van der Waals surface area contributed by atoms with E-state index in [-0.39, 0.29) is 24.8 Å². The Morgan fingerprint density at radius 1 is 1.19 bits per heavy atom. The number of nitrogens with one attached hydrogen (secondary N) is 1. The van der Waals surface area contributed by atoms with Crippen LogP contribution in [0.2, 0.25) is 0 Å². The van der Waals surface area contributed by atoms with Crippen molar-refractivity contribution in [2.24, 2.45) is 0 Å². The molecule has 2 atom stereocenters. The van der Waals surface area contributed by atoms with Crippen molar-refractivity contribution in [3.8, 4) is 10.8 Å². The highest BCUT2D eigenvalue weighted by Gasteiger charge is 2.41. The zero-order valence-corrected chi connectivity index (χ0v) is 20.7. The number of hydrogen-bond donors (Lipinski definition) is 1. The summed E-state index contributed by atoms with van der Waals surface area (Å²) in [6.45, 7) is 4.61. The van der Waals surface area contributed by atoms with Gasteiger partial charge in [-0.05, 0) is 49.6 Å². The van der Waals surface area contributed by atoms with Gasteiger partial charge in [-0.3, -0.25) is 14.5 Å². The number of alkyl carbamates (subject to hydrolysis) is 1. The summed E-state index contributed by atoms with van der Waals surface area (Å²) in [5.41, 5.74) is 1.04. The summed E-state index contributed by atoms with van der Waals surface area (Å²) >= 11 is 1.21.